The second-order valence-electron chi connectivity index (χ2n) is 5.80. The highest BCUT2D eigenvalue weighted by atomic mass is 35.5. The highest BCUT2D eigenvalue weighted by Crippen LogP contribution is 2.23. The Morgan fingerprint density at radius 1 is 1.35 bits per heavy atom. The number of nitrogens with zero attached hydrogens (tertiary/aromatic N) is 5. The molecule has 8 nitrogen and oxygen atoms in total. The summed E-state index contributed by atoms with van der Waals surface area (Å²) in [4.78, 5) is 27.3. The lowest BCUT2D eigenvalue weighted by molar-refractivity contribution is -0.111. The van der Waals surface area contributed by atoms with Crippen molar-refractivity contribution in [3.63, 3.8) is 0 Å². The van der Waals surface area contributed by atoms with Crippen molar-refractivity contribution in [2.45, 2.75) is 33.2 Å². The molecule has 0 fully saturated rings. The number of aromatic nitrogens is 5. The van der Waals surface area contributed by atoms with Gasteiger partial charge < -0.3 is 5.32 Å². The Bertz CT molecular complexity index is 961. The molecule has 0 spiro atoms. The average Bonchev–Trinajstić information content (AvgIpc) is 3.21. The number of rotatable bonds is 7. The molecule has 0 atom stereocenters. The summed E-state index contributed by atoms with van der Waals surface area (Å²) in [5, 5.41) is 11.1. The molecule has 1 amide bonds. The van der Waals surface area contributed by atoms with Gasteiger partial charge in [0.1, 0.15) is 0 Å². The van der Waals surface area contributed by atoms with Crippen LogP contribution in [-0.2, 0) is 11.3 Å². The topological polar surface area (TPSA) is 94.2 Å². The first kappa shape index (κ1) is 18.1. The third-order valence-corrected chi connectivity index (χ3v) is 4.29. The lowest BCUT2D eigenvalue weighted by atomic mass is 10.2. The minimum absolute atomic E-state index is 0.222. The van der Waals surface area contributed by atoms with Crippen molar-refractivity contribution in [1.29, 1.82) is 0 Å². The molecule has 3 aromatic rings. The summed E-state index contributed by atoms with van der Waals surface area (Å²) in [6.45, 7) is 5.15. The maximum Gasteiger partial charge on any atom is 0.271 e. The molecule has 0 aliphatic rings. The van der Waals surface area contributed by atoms with Crippen LogP contribution in [0.5, 0.6) is 0 Å². The quantitative estimate of drug-likeness (QED) is 0.505. The first-order valence-electron chi connectivity index (χ1n) is 8.35. The van der Waals surface area contributed by atoms with Crippen LogP contribution in [0.2, 0.25) is 0 Å². The Morgan fingerprint density at radius 2 is 2.15 bits per heavy atom. The summed E-state index contributed by atoms with van der Waals surface area (Å²) < 4.78 is 3.54. The van der Waals surface area contributed by atoms with Gasteiger partial charge in [-0.1, -0.05) is 0 Å². The molecule has 0 bridgehead atoms. The molecule has 3 aromatic heterocycles. The second-order valence-corrected chi connectivity index (χ2v) is 6.23. The van der Waals surface area contributed by atoms with Gasteiger partial charge in [-0.05, 0) is 37.9 Å². The number of amides is 1. The fourth-order valence-electron chi connectivity index (χ4n) is 2.75. The van der Waals surface area contributed by atoms with Crippen molar-refractivity contribution in [3.05, 3.63) is 35.9 Å². The van der Waals surface area contributed by atoms with E-state index < -0.39 is 5.24 Å². The van der Waals surface area contributed by atoms with E-state index in [0.29, 0.717) is 18.6 Å². The van der Waals surface area contributed by atoms with E-state index in [4.69, 9.17) is 11.6 Å². The predicted molar refractivity (Wildman–Crippen MR) is 97.0 cm³/mol. The highest BCUT2D eigenvalue weighted by Gasteiger charge is 2.16. The number of nitrogens with one attached hydrogen (secondary N) is 1. The van der Waals surface area contributed by atoms with Crippen molar-refractivity contribution in [2.75, 3.05) is 6.54 Å². The van der Waals surface area contributed by atoms with Crippen LogP contribution in [0.15, 0.2) is 24.5 Å². The number of aryl methyl sites for hydroxylation is 1. The number of hydrogen-bond donors (Lipinski definition) is 1. The second kappa shape index (κ2) is 7.65. The summed E-state index contributed by atoms with van der Waals surface area (Å²) in [5.41, 5.74) is 3.62. The van der Waals surface area contributed by atoms with E-state index >= 15 is 0 Å². The van der Waals surface area contributed by atoms with Crippen LogP contribution in [0.3, 0.4) is 0 Å². The zero-order chi connectivity index (χ0) is 18.7. The molecule has 3 rings (SSSR count). The van der Waals surface area contributed by atoms with Gasteiger partial charge in [0.05, 0.1) is 11.9 Å². The first-order chi connectivity index (χ1) is 12.5. The Morgan fingerprint density at radius 3 is 2.85 bits per heavy atom. The van der Waals surface area contributed by atoms with E-state index in [-0.39, 0.29) is 18.0 Å². The zero-order valence-electron chi connectivity index (χ0n) is 14.6. The number of carbonyl (C=O) groups excluding carboxylic acids is 2. The molecule has 0 unspecified atom stereocenters. The van der Waals surface area contributed by atoms with E-state index in [1.54, 1.807) is 23.0 Å². The average molecular weight is 375 g/mol. The summed E-state index contributed by atoms with van der Waals surface area (Å²) in [6, 6.07) is 3.48. The Labute approximate surface area is 155 Å². The van der Waals surface area contributed by atoms with E-state index in [0.717, 1.165) is 23.5 Å². The SMILES string of the molecule is CCn1ncc(-c2ccnc3cc(C(=O)NCCCC(=O)Cl)nn23)c1C. The van der Waals surface area contributed by atoms with Gasteiger partial charge in [0, 0.05) is 43.0 Å². The predicted octanol–water partition coefficient (Wildman–Crippen LogP) is 2.20. The Hall–Kier alpha value is -2.74. The van der Waals surface area contributed by atoms with Crippen LogP contribution in [0.4, 0.5) is 0 Å². The standard InChI is InChI=1S/C17H19ClN6O2/c1-3-23-11(2)12(10-21-23)14-6-8-19-16-9-13(22-24(14)16)17(26)20-7-4-5-15(18)25/h6,8-10H,3-5,7H2,1-2H3,(H,20,26). The van der Waals surface area contributed by atoms with Gasteiger partial charge in [0.2, 0.25) is 5.24 Å². The number of carbonyl (C=O) groups is 2. The number of hydrogen-bond acceptors (Lipinski definition) is 5. The molecule has 9 heteroatoms. The van der Waals surface area contributed by atoms with Crippen molar-refractivity contribution in [2.24, 2.45) is 0 Å². The van der Waals surface area contributed by atoms with Gasteiger partial charge in [0.25, 0.3) is 5.91 Å². The van der Waals surface area contributed by atoms with E-state index in [1.165, 1.54) is 0 Å². The largest absolute Gasteiger partial charge is 0.351 e. The van der Waals surface area contributed by atoms with Crippen LogP contribution in [0, 0.1) is 6.92 Å². The number of halogens is 1. The Kier molecular flexibility index (Phi) is 5.32. The molecule has 26 heavy (non-hydrogen) atoms. The fourth-order valence-corrected chi connectivity index (χ4v) is 2.88. The smallest absolute Gasteiger partial charge is 0.271 e. The van der Waals surface area contributed by atoms with E-state index in [2.05, 4.69) is 20.5 Å². The van der Waals surface area contributed by atoms with Crippen LogP contribution < -0.4 is 5.32 Å². The molecule has 0 saturated heterocycles. The van der Waals surface area contributed by atoms with Crippen molar-refractivity contribution in [1.82, 2.24) is 29.7 Å². The summed E-state index contributed by atoms with van der Waals surface area (Å²) in [7, 11) is 0. The summed E-state index contributed by atoms with van der Waals surface area (Å²) in [5.74, 6) is -0.315. The third-order valence-electron chi connectivity index (χ3n) is 4.10. The van der Waals surface area contributed by atoms with Crippen LogP contribution >= 0.6 is 11.6 Å². The fraction of sp³-hybridized carbons (Fsp3) is 0.353. The van der Waals surface area contributed by atoms with E-state index in [1.807, 2.05) is 24.6 Å². The van der Waals surface area contributed by atoms with Gasteiger partial charge in [-0.25, -0.2) is 9.50 Å². The molecular weight excluding hydrogens is 356 g/mol. The summed E-state index contributed by atoms with van der Waals surface area (Å²) in [6.07, 6.45) is 4.18. The first-order valence-corrected chi connectivity index (χ1v) is 8.73. The molecule has 0 aromatic carbocycles. The molecule has 0 aliphatic carbocycles. The zero-order valence-corrected chi connectivity index (χ0v) is 15.3. The highest BCUT2D eigenvalue weighted by molar-refractivity contribution is 6.63. The van der Waals surface area contributed by atoms with Crippen LogP contribution in [0.25, 0.3) is 16.9 Å². The van der Waals surface area contributed by atoms with Gasteiger partial charge in [-0.15, -0.1) is 0 Å². The van der Waals surface area contributed by atoms with Gasteiger partial charge in [-0.3, -0.25) is 14.3 Å². The minimum atomic E-state index is -0.413. The lowest BCUT2D eigenvalue weighted by Crippen LogP contribution is -2.25. The van der Waals surface area contributed by atoms with Gasteiger partial charge in [0.15, 0.2) is 11.3 Å². The van der Waals surface area contributed by atoms with Gasteiger partial charge in [-0.2, -0.15) is 10.2 Å². The molecule has 0 radical (unpaired) electrons. The normalized spacial score (nSPS) is 11.0. The van der Waals surface area contributed by atoms with Gasteiger partial charge >= 0.3 is 0 Å². The molecule has 1 N–H and O–H groups in total. The molecular formula is C17H19ClN6O2. The van der Waals surface area contributed by atoms with Crippen LogP contribution in [0.1, 0.15) is 35.9 Å². The Balaban J connectivity index is 1.86. The maximum absolute atomic E-state index is 12.3. The summed E-state index contributed by atoms with van der Waals surface area (Å²) >= 11 is 5.28. The van der Waals surface area contributed by atoms with E-state index in [9.17, 15) is 9.59 Å². The minimum Gasteiger partial charge on any atom is -0.351 e. The number of fused-ring (bicyclic) bond motifs is 1. The maximum atomic E-state index is 12.3. The third kappa shape index (κ3) is 3.60. The monoisotopic (exact) mass is 374 g/mol. The molecule has 136 valence electrons. The van der Waals surface area contributed by atoms with Crippen molar-refractivity contribution < 1.29 is 9.59 Å². The van der Waals surface area contributed by atoms with Crippen molar-refractivity contribution >= 4 is 28.4 Å². The molecule has 0 aliphatic heterocycles. The molecule has 3 heterocycles. The van der Waals surface area contributed by atoms with Crippen molar-refractivity contribution in [3.8, 4) is 11.3 Å². The van der Waals surface area contributed by atoms with Crippen LogP contribution in [-0.4, -0.2) is 42.1 Å². The molecule has 0 saturated carbocycles. The lowest BCUT2D eigenvalue weighted by Gasteiger charge is -2.05.